The van der Waals surface area contributed by atoms with Crippen LogP contribution in [0.5, 0.6) is 0 Å². The van der Waals surface area contributed by atoms with Gasteiger partial charge in [0.15, 0.2) is 0 Å². The van der Waals surface area contributed by atoms with Crippen molar-refractivity contribution in [2.75, 3.05) is 6.54 Å². The van der Waals surface area contributed by atoms with Gasteiger partial charge in [-0.05, 0) is 43.0 Å². The minimum atomic E-state index is -0.262. The summed E-state index contributed by atoms with van der Waals surface area (Å²) in [5.41, 5.74) is 6.47. The van der Waals surface area contributed by atoms with Crippen LogP contribution in [0.4, 0.5) is 4.39 Å². The number of hydrogen-bond acceptors (Lipinski definition) is 2. The Labute approximate surface area is 115 Å². The standard InChI is InChI=1S/C16H24FNO/c1-2-3-13(10-11-18)6-9-16(19)12-14-4-7-15(17)8-5-14/h4-5,7-8,13H,2-3,6,9-12,18H2,1H3. The molecule has 1 aromatic carbocycles. The topological polar surface area (TPSA) is 43.1 Å². The van der Waals surface area contributed by atoms with E-state index in [2.05, 4.69) is 6.92 Å². The monoisotopic (exact) mass is 265 g/mol. The molecule has 0 aliphatic carbocycles. The second-order valence-electron chi connectivity index (χ2n) is 5.11. The molecule has 1 unspecified atom stereocenters. The SMILES string of the molecule is CCCC(CCN)CCC(=O)Cc1ccc(F)cc1. The molecule has 0 spiro atoms. The summed E-state index contributed by atoms with van der Waals surface area (Å²) in [7, 11) is 0. The van der Waals surface area contributed by atoms with E-state index in [0.29, 0.717) is 25.3 Å². The Kier molecular flexibility index (Phi) is 7.34. The maximum atomic E-state index is 12.8. The third-order valence-electron chi connectivity index (χ3n) is 3.42. The molecule has 2 N–H and O–H groups in total. The predicted molar refractivity (Wildman–Crippen MR) is 76.4 cm³/mol. The van der Waals surface area contributed by atoms with Crippen LogP contribution in [0.3, 0.4) is 0 Å². The highest BCUT2D eigenvalue weighted by Crippen LogP contribution is 2.18. The second-order valence-corrected chi connectivity index (χ2v) is 5.11. The number of halogens is 1. The molecule has 0 fully saturated rings. The van der Waals surface area contributed by atoms with Crippen molar-refractivity contribution in [3.05, 3.63) is 35.6 Å². The lowest BCUT2D eigenvalue weighted by atomic mass is 9.92. The van der Waals surface area contributed by atoms with Crippen molar-refractivity contribution in [1.82, 2.24) is 0 Å². The average Bonchev–Trinajstić information content (AvgIpc) is 2.39. The zero-order valence-electron chi connectivity index (χ0n) is 11.7. The van der Waals surface area contributed by atoms with Crippen molar-refractivity contribution in [1.29, 1.82) is 0 Å². The van der Waals surface area contributed by atoms with Gasteiger partial charge in [0.25, 0.3) is 0 Å². The number of benzene rings is 1. The Morgan fingerprint density at radius 2 is 1.89 bits per heavy atom. The van der Waals surface area contributed by atoms with Crippen LogP contribution >= 0.6 is 0 Å². The quantitative estimate of drug-likeness (QED) is 0.742. The van der Waals surface area contributed by atoms with Gasteiger partial charge in [-0.3, -0.25) is 4.79 Å². The van der Waals surface area contributed by atoms with E-state index in [9.17, 15) is 9.18 Å². The Balaban J connectivity index is 2.35. The summed E-state index contributed by atoms with van der Waals surface area (Å²) in [6.45, 7) is 2.85. The average molecular weight is 265 g/mol. The molecule has 106 valence electrons. The van der Waals surface area contributed by atoms with Crippen molar-refractivity contribution < 1.29 is 9.18 Å². The zero-order chi connectivity index (χ0) is 14.1. The number of carbonyl (C=O) groups excluding carboxylic acids is 1. The molecule has 0 bridgehead atoms. The molecule has 19 heavy (non-hydrogen) atoms. The molecule has 1 rings (SSSR count). The van der Waals surface area contributed by atoms with Crippen LogP contribution in [0.25, 0.3) is 0 Å². The molecule has 1 aromatic rings. The molecule has 0 amide bonds. The van der Waals surface area contributed by atoms with Gasteiger partial charge in [0.2, 0.25) is 0 Å². The molecular weight excluding hydrogens is 241 g/mol. The van der Waals surface area contributed by atoms with Crippen LogP contribution in [0.2, 0.25) is 0 Å². The van der Waals surface area contributed by atoms with E-state index < -0.39 is 0 Å². The van der Waals surface area contributed by atoms with Crippen LogP contribution in [-0.4, -0.2) is 12.3 Å². The van der Waals surface area contributed by atoms with E-state index >= 15 is 0 Å². The zero-order valence-corrected chi connectivity index (χ0v) is 11.7. The maximum absolute atomic E-state index is 12.8. The van der Waals surface area contributed by atoms with Gasteiger partial charge in [-0.2, -0.15) is 0 Å². The lowest BCUT2D eigenvalue weighted by Crippen LogP contribution is -2.11. The van der Waals surface area contributed by atoms with E-state index in [0.717, 1.165) is 31.2 Å². The fourth-order valence-electron chi connectivity index (χ4n) is 2.36. The minimum Gasteiger partial charge on any atom is -0.330 e. The number of nitrogens with two attached hydrogens (primary N) is 1. The van der Waals surface area contributed by atoms with Crippen LogP contribution in [0.15, 0.2) is 24.3 Å². The highest BCUT2D eigenvalue weighted by molar-refractivity contribution is 5.80. The smallest absolute Gasteiger partial charge is 0.137 e. The van der Waals surface area contributed by atoms with E-state index in [4.69, 9.17) is 5.73 Å². The summed E-state index contributed by atoms with van der Waals surface area (Å²) in [6, 6.07) is 6.15. The maximum Gasteiger partial charge on any atom is 0.137 e. The first-order valence-corrected chi connectivity index (χ1v) is 7.12. The van der Waals surface area contributed by atoms with E-state index in [-0.39, 0.29) is 11.6 Å². The second kappa shape index (κ2) is 8.81. The van der Waals surface area contributed by atoms with Crippen molar-refractivity contribution >= 4 is 5.78 Å². The van der Waals surface area contributed by atoms with Gasteiger partial charge < -0.3 is 5.73 Å². The molecule has 0 saturated heterocycles. The summed E-state index contributed by atoms with van der Waals surface area (Å²) in [5, 5.41) is 0. The van der Waals surface area contributed by atoms with Crippen LogP contribution in [0.1, 0.15) is 44.6 Å². The van der Waals surface area contributed by atoms with E-state index in [1.807, 2.05) is 0 Å². The molecule has 0 saturated carbocycles. The Bertz CT molecular complexity index is 369. The van der Waals surface area contributed by atoms with Gasteiger partial charge in [-0.15, -0.1) is 0 Å². The first-order valence-electron chi connectivity index (χ1n) is 7.12. The summed E-state index contributed by atoms with van der Waals surface area (Å²) in [4.78, 5) is 11.9. The summed E-state index contributed by atoms with van der Waals surface area (Å²) in [5.74, 6) is 0.527. The molecule has 0 aliphatic rings. The van der Waals surface area contributed by atoms with Gasteiger partial charge in [0.1, 0.15) is 11.6 Å². The number of ketones is 1. The highest BCUT2D eigenvalue weighted by Gasteiger charge is 2.10. The molecule has 0 aromatic heterocycles. The van der Waals surface area contributed by atoms with Crippen LogP contribution in [-0.2, 0) is 11.2 Å². The minimum absolute atomic E-state index is 0.227. The van der Waals surface area contributed by atoms with Crippen molar-refractivity contribution in [2.24, 2.45) is 11.7 Å². The fraction of sp³-hybridized carbons (Fsp3) is 0.562. The normalized spacial score (nSPS) is 12.4. The number of Topliss-reactive ketones (excluding diaryl/α,β-unsaturated/α-hetero) is 1. The Morgan fingerprint density at radius 3 is 2.47 bits per heavy atom. The molecule has 3 heteroatoms. The van der Waals surface area contributed by atoms with E-state index in [1.165, 1.54) is 12.1 Å². The summed E-state index contributed by atoms with van der Waals surface area (Å²) < 4.78 is 12.8. The van der Waals surface area contributed by atoms with Gasteiger partial charge in [0, 0.05) is 12.8 Å². The van der Waals surface area contributed by atoms with Gasteiger partial charge in [-0.25, -0.2) is 4.39 Å². The highest BCUT2D eigenvalue weighted by atomic mass is 19.1. The van der Waals surface area contributed by atoms with Gasteiger partial charge in [0.05, 0.1) is 0 Å². The molecule has 1 atom stereocenters. The lowest BCUT2D eigenvalue weighted by Gasteiger charge is -2.14. The van der Waals surface area contributed by atoms with Crippen molar-refractivity contribution in [3.8, 4) is 0 Å². The summed E-state index contributed by atoms with van der Waals surface area (Å²) >= 11 is 0. The molecular formula is C16H24FNO. The first-order chi connectivity index (χ1) is 9.15. The largest absolute Gasteiger partial charge is 0.330 e. The molecule has 0 aliphatic heterocycles. The molecule has 0 heterocycles. The molecule has 2 nitrogen and oxygen atoms in total. The first kappa shape index (κ1) is 15.8. The Hall–Kier alpha value is -1.22. The number of hydrogen-bond donors (Lipinski definition) is 1. The lowest BCUT2D eigenvalue weighted by molar-refractivity contribution is -0.118. The third-order valence-corrected chi connectivity index (χ3v) is 3.42. The van der Waals surface area contributed by atoms with Crippen LogP contribution < -0.4 is 5.73 Å². The number of rotatable bonds is 9. The summed E-state index contributed by atoms with van der Waals surface area (Å²) in [6.07, 6.45) is 5.20. The van der Waals surface area contributed by atoms with Crippen molar-refractivity contribution in [2.45, 2.75) is 45.4 Å². The predicted octanol–water partition coefficient (Wildman–Crippen LogP) is 3.48. The van der Waals surface area contributed by atoms with Crippen LogP contribution in [0, 0.1) is 11.7 Å². The third kappa shape index (κ3) is 6.48. The van der Waals surface area contributed by atoms with Crippen molar-refractivity contribution in [3.63, 3.8) is 0 Å². The van der Waals surface area contributed by atoms with E-state index in [1.54, 1.807) is 12.1 Å². The molecule has 0 radical (unpaired) electrons. The fourth-order valence-corrected chi connectivity index (χ4v) is 2.36. The van der Waals surface area contributed by atoms with Gasteiger partial charge in [-0.1, -0.05) is 31.9 Å². The van der Waals surface area contributed by atoms with Gasteiger partial charge >= 0.3 is 0 Å². The Morgan fingerprint density at radius 1 is 1.21 bits per heavy atom. The number of carbonyl (C=O) groups is 1.